The zero-order chi connectivity index (χ0) is 13.1. The lowest BCUT2D eigenvalue weighted by Crippen LogP contribution is -2.53. The minimum atomic E-state index is -0.777. The van der Waals surface area contributed by atoms with Gasteiger partial charge in [-0.3, -0.25) is 4.79 Å². The molecule has 6 heteroatoms. The highest BCUT2D eigenvalue weighted by atomic mass is 16.5. The Morgan fingerprint density at radius 1 is 1.65 bits per heavy atom. The number of rotatable bonds is 4. The molecule has 0 saturated carbocycles. The largest absolute Gasteiger partial charge is 0.464 e. The lowest BCUT2D eigenvalue weighted by Gasteiger charge is -2.26. The predicted molar refractivity (Wildman–Crippen MR) is 61.1 cm³/mol. The fourth-order valence-electron chi connectivity index (χ4n) is 1.61. The van der Waals surface area contributed by atoms with E-state index in [0.29, 0.717) is 13.2 Å². The number of carbonyl (C=O) groups is 2. The standard InChI is InChI=1S/C11H20N2O4/c1-4-17-9(14)7(2)13-10(15)11(3)6-16-5-8(11)12/h7-8H,4-6,12H2,1-3H3,(H,13,15). The van der Waals surface area contributed by atoms with E-state index in [9.17, 15) is 9.59 Å². The van der Waals surface area contributed by atoms with Crippen LogP contribution in [0, 0.1) is 5.41 Å². The van der Waals surface area contributed by atoms with Crippen LogP contribution in [0.3, 0.4) is 0 Å². The molecule has 1 rings (SSSR count). The van der Waals surface area contributed by atoms with Crippen LogP contribution in [0.25, 0.3) is 0 Å². The Hall–Kier alpha value is -1.14. The van der Waals surface area contributed by atoms with Crippen molar-refractivity contribution in [3.05, 3.63) is 0 Å². The summed E-state index contributed by atoms with van der Waals surface area (Å²) in [7, 11) is 0. The molecule has 17 heavy (non-hydrogen) atoms. The third-order valence-corrected chi connectivity index (χ3v) is 3.02. The molecule has 1 aliphatic heterocycles. The predicted octanol–water partition coefficient (Wildman–Crippen LogP) is -0.582. The van der Waals surface area contributed by atoms with E-state index in [1.165, 1.54) is 0 Å². The second kappa shape index (κ2) is 5.46. The SMILES string of the molecule is CCOC(=O)C(C)NC(=O)C1(C)COCC1N. The van der Waals surface area contributed by atoms with Gasteiger partial charge in [-0.1, -0.05) is 0 Å². The molecule has 3 unspecified atom stereocenters. The van der Waals surface area contributed by atoms with E-state index in [2.05, 4.69) is 5.32 Å². The third kappa shape index (κ3) is 2.95. The summed E-state index contributed by atoms with van der Waals surface area (Å²) in [6.45, 7) is 5.96. The van der Waals surface area contributed by atoms with Gasteiger partial charge in [-0.15, -0.1) is 0 Å². The van der Waals surface area contributed by atoms with Crippen LogP contribution in [0.5, 0.6) is 0 Å². The summed E-state index contributed by atoms with van der Waals surface area (Å²) < 4.78 is 9.99. The molecule has 1 heterocycles. The van der Waals surface area contributed by atoms with Gasteiger partial charge in [0.2, 0.25) is 5.91 Å². The minimum Gasteiger partial charge on any atom is -0.464 e. The van der Waals surface area contributed by atoms with E-state index in [0.717, 1.165) is 0 Å². The highest BCUT2D eigenvalue weighted by Crippen LogP contribution is 2.27. The molecular formula is C11H20N2O4. The smallest absolute Gasteiger partial charge is 0.328 e. The average molecular weight is 244 g/mol. The normalized spacial score (nSPS) is 29.8. The van der Waals surface area contributed by atoms with Crippen molar-refractivity contribution < 1.29 is 19.1 Å². The summed E-state index contributed by atoms with van der Waals surface area (Å²) >= 11 is 0. The Balaban J connectivity index is 2.57. The first-order chi connectivity index (χ1) is 7.91. The topological polar surface area (TPSA) is 90.6 Å². The maximum absolute atomic E-state index is 12.0. The Labute approximate surface area is 101 Å². The second-order valence-corrected chi connectivity index (χ2v) is 4.49. The zero-order valence-corrected chi connectivity index (χ0v) is 10.5. The van der Waals surface area contributed by atoms with Crippen LogP contribution in [0.1, 0.15) is 20.8 Å². The van der Waals surface area contributed by atoms with Crippen LogP contribution in [-0.4, -0.2) is 43.8 Å². The molecule has 1 aliphatic rings. The highest BCUT2D eigenvalue weighted by molar-refractivity contribution is 5.88. The molecule has 0 aromatic carbocycles. The van der Waals surface area contributed by atoms with Gasteiger partial charge in [0, 0.05) is 6.04 Å². The number of hydrogen-bond acceptors (Lipinski definition) is 5. The fraction of sp³-hybridized carbons (Fsp3) is 0.818. The molecule has 0 aromatic heterocycles. The van der Waals surface area contributed by atoms with Gasteiger partial charge in [0.05, 0.1) is 25.2 Å². The van der Waals surface area contributed by atoms with Crippen molar-refractivity contribution in [2.24, 2.45) is 11.1 Å². The first-order valence-corrected chi connectivity index (χ1v) is 5.72. The quantitative estimate of drug-likeness (QED) is 0.646. The maximum atomic E-state index is 12.0. The minimum absolute atomic E-state index is 0.273. The molecule has 3 N–H and O–H groups in total. The van der Waals surface area contributed by atoms with E-state index in [-0.39, 0.29) is 18.6 Å². The van der Waals surface area contributed by atoms with Gasteiger partial charge in [0.25, 0.3) is 0 Å². The van der Waals surface area contributed by atoms with E-state index in [1.54, 1.807) is 20.8 Å². The molecule has 0 bridgehead atoms. The Bertz CT molecular complexity index is 308. The molecule has 0 radical (unpaired) electrons. The van der Waals surface area contributed by atoms with E-state index >= 15 is 0 Å². The van der Waals surface area contributed by atoms with Gasteiger partial charge in [0.1, 0.15) is 6.04 Å². The highest BCUT2D eigenvalue weighted by Gasteiger charge is 2.45. The first-order valence-electron chi connectivity index (χ1n) is 5.72. The first kappa shape index (κ1) is 13.9. The van der Waals surface area contributed by atoms with Gasteiger partial charge in [-0.2, -0.15) is 0 Å². The van der Waals surface area contributed by atoms with Crippen molar-refractivity contribution in [2.45, 2.75) is 32.9 Å². The van der Waals surface area contributed by atoms with Crippen LogP contribution in [0.4, 0.5) is 0 Å². The third-order valence-electron chi connectivity index (χ3n) is 3.02. The monoisotopic (exact) mass is 244 g/mol. The van der Waals surface area contributed by atoms with Crippen LogP contribution >= 0.6 is 0 Å². The molecule has 1 saturated heterocycles. The number of hydrogen-bond donors (Lipinski definition) is 2. The number of esters is 1. The van der Waals surface area contributed by atoms with Crippen molar-refractivity contribution in [3.8, 4) is 0 Å². The molecule has 0 aromatic rings. The van der Waals surface area contributed by atoms with Crippen LogP contribution in [0.15, 0.2) is 0 Å². The maximum Gasteiger partial charge on any atom is 0.328 e. The van der Waals surface area contributed by atoms with Crippen LogP contribution < -0.4 is 11.1 Å². The van der Waals surface area contributed by atoms with Crippen molar-refractivity contribution >= 4 is 11.9 Å². The molecule has 0 spiro atoms. The van der Waals surface area contributed by atoms with Gasteiger partial charge >= 0.3 is 5.97 Å². The van der Waals surface area contributed by atoms with Gasteiger partial charge in [-0.25, -0.2) is 4.79 Å². The summed E-state index contributed by atoms with van der Waals surface area (Å²) in [5.74, 6) is -0.722. The second-order valence-electron chi connectivity index (χ2n) is 4.49. The van der Waals surface area contributed by atoms with Crippen molar-refractivity contribution in [1.82, 2.24) is 5.32 Å². The molecule has 98 valence electrons. The molecule has 1 amide bonds. The number of nitrogens with two attached hydrogens (primary N) is 1. The van der Waals surface area contributed by atoms with Crippen LogP contribution in [-0.2, 0) is 19.1 Å². The van der Waals surface area contributed by atoms with Gasteiger partial charge in [-0.05, 0) is 20.8 Å². The average Bonchev–Trinajstić information content (AvgIpc) is 2.61. The fourth-order valence-corrected chi connectivity index (χ4v) is 1.61. The molecule has 6 nitrogen and oxygen atoms in total. The van der Waals surface area contributed by atoms with E-state index < -0.39 is 17.4 Å². The number of amides is 1. The summed E-state index contributed by atoms with van der Waals surface area (Å²) in [5.41, 5.74) is 5.05. The van der Waals surface area contributed by atoms with Crippen molar-refractivity contribution in [1.29, 1.82) is 0 Å². The van der Waals surface area contributed by atoms with Crippen molar-refractivity contribution in [2.75, 3.05) is 19.8 Å². The lowest BCUT2D eigenvalue weighted by atomic mass is 9.84. The van der Waals surface area contributed by atoms with Crippen molar-refractivity contribution in [3.63, 3.8) is 0 Å². The summed E-state index contributed by atoms with van der Waals surface area (Å²) in [5, 5.41) is 2.60. The zero-order valence-electron chi connectivity index (χ0n) is 10.5. The lowest BCUT2D eigenvalue weighted by molar-refractivity contribution is -0.148. The summed E-state index contributed by atoms with van der Waals surface area (Å²) in [4.78, 5) is 23.4. The Morgan fingerprint density at radius 3 is 2.76 bits per heavy atom. The Kier molecular flexibility index (Phi) is 4.47. The molecular weight excluding hydrogens is 224 g/mol. The molecule has 1 fully saturated rings. The number of nitrogens with one attached hydrogen (secondary N) is 1. The van der Waals surface area contributed by atoms with Crippen LogP contribution in [0.2, 0.25) is 0 Å². The molecule has 3 atom stereocenters. The number of ether oxygens (including phenoxy) is 2. The van der Waals surface area contributed by atoms with E-state index in [1.807, 2.05) is 0 Å². The van der Waals surface area contributed by atoms with Gasteiger partial charge in [0.15, 0.2) is 0 Å². The number of carbonyl (C=O) groups excluding carboxylic acids is 2. The summed E-state index contributed by atoms with van der Waals surface area (Å²) in [6.07, 6.45) is 0. The molecule has 0 aliphatic carbocycles. The van der Waals surface area contributed by atoms with E-state index in [4.69, 9.17) is 15.2 Å². The summed E-state index contributed by atoms with van der Waals surface area (Å²) in [6, 6.07) is -1.02. The van der Waals surface area contributed by atoms with Gasteiger partial charge < -0.3 is 20.5 Å². The Morgan fingerprint density at radius 2 is 2.29 bits per heavy atom.